The van der Waals surface area contributed by atoms with Gasteiger partial charge in [-0.15, -0.1) is 0 Å². The predicted molar refractivity (Wildman–Crippen MR) is 103 cm³/mol. The lowest BCUT2D eigenvalue weighted by Gasteiger charge is -2.21. The van der Waals surface area contributed by atoms with Gasteiger partial charge in [0.1, 0.15) is 6.04 Å². The van der Waals surface area contributed by atoms with Crippen LogP contribution in [-0.4, -0.2) is 23.9 Å². The summed E-state index contributed by atoms with van der Waals surface area (Å²) < 4.78 is 0. The maximum atomic E-state index is 12.3. The fourth-order valence-corrected chi connectivity index (χ4v) is 2.53. The summed E-state index contributed by atoms with van der Waals surface area (Å²) in [5.74, 6) is -0.159. The van der Waals surface area contributed by atoms with Crippen LogP contribution in [0.25, 0.3) is 0 Å². The molecule has 0 fully saturated rings. The van der Waals surface area contributed by atoms with Crippen LogP contribution in [0.4, 0.5) is 0 Å². The minimum Gasteiger partial charge on any atom is -0.350 e. The van der Waals surface area contributed by atoms with Crippen molar-refractivity contribution in [3.8, 4) is 0 Å². The van der Waals surface area contributed by atoms with E-state index in [1.54, 1.807) is 0 Å². The molecule has 0 radical (unpaired) electrons. The number of carbonyl (C=O) groups is 1. The Labute approximate surface area is 151 Å². The van der Waals surface area contributed by atoms with Crippen LogP contribution in [0.1, 0.15) is 42.1 Å². The molecule has 0 aliphatic rings. The molecule has 1 amide bonds. The van der Waals surface area contributed by atoms with Gasteiger partial charge in [0.15, 0.2) is 0 Å². The van der Waals surface area contributed by atoms with Crippen LogP contribution in [0, 0.1) is 6.92 Å². The number of benzene rings is 2. The molecular weight excluding hydrogens is 310 g/mol. The lowest BCUT2D eigenvalue weighted by Crippen LogP contribution is -2.33. The Morgan fingerprint density at radius 3 is 2.40 bits per heavy atom. The molecule has 2 aromatic carbocycles. The monoisotopic (exact) mass is 339 g/mol. The number of amides is 1. The van der Waals surface area contributed by atoms with E-state index in [0.29, 0.717) is 12.6 Å². The zero-order chi connectivity index (χ0) is 18.4. The molecule has 4 heteroatoms. The molecule has 25 heavy (non-hydrogen) atoms. The van der Waals surface area contributed by atoms with E-state index in [1.807, 2.05) is 43.3 Å². The van der Waals surface area contributed by atoms with Gasteiger partial charge >= 0.3 is 0 Å². The van der Waals surface area contributed by atoms with Crippen LogP contribution >= 0.6 is 0 Å². The first-order valence-electron chi connectivity index (χ1n) is 8.74. The largest absolute Gasteiger partial charge is 0.350 e. The number of aryl methyl sites for hydroxylation is 1. The highest BCUT2D eigenvalue weighted by molar-refractivity contribution is 5.82. The molecule has 0 heterocycles. The van der Waals surface area contributed by atoms with E-state index in [4.69, 9.17) is 5.73 Å². The highest BCUT2D eigenvalue weighted by atomic mass is 16.2. The topological polar surface area (TPSA) is 58.4 Å². The molecule has 1 unspecified atom stereocenters. The zero-order valence-electron chi connectivity index (χ0n) is 15.6. The third kappa shape index (κ3) is 5.69. The maximum Gasteiger partial charge on any atom is 0.241 e. The van der Waals surface area contributed by atoms with Gasteiger partial charge in [-0.2, -0.15) is 0 Å². The third-order valence-electron chi connectivity index (χ3n) is 4.49. The van der Waals surface area contributed by atoms with E-state index in [1.165, 1.54) is 5.56 Å². The summed E-state index contributed by atoms with van der Waals surface area (Å²) in [6.45, 7) is 7.74. The first-order chi connectivity index (χ1) is 11.9. The molecule has 2 aromatic rings. The van der Waals surface area contributed by atoms with Gasteiger partial charge in [0, 0.05) is 19.1 Å². The first-order valence-corrected chi connectivity index (χ1v) is 8.74. The maximum absolute atomic E-state index is 12.3. The van der Waals surface area contributed by atoms with Gasteiger partial charge in [0.2, 0.25) is 5.91 Å². The van der Waals surface area contributed by atoms with Crippen molar-refractivity contribution < 1.29 is 4.79 Å². The Morgan fingerprint density at radius 1 is 1.12 bits per heavy atom. The summed E-state index contributed by atoms with van der Waals surface area (Å²) in [6, 6.07) is 15.9. The number of hydrogen-bond acceptors (Lipinski definition) is 3. The minimum absolute atomic E-state index is 0.159. The highest BCUT2D eigenvalue weighted by Gasteiger charge is 2.15. The van der Waals surface area contributed by atoms with Crippen LogP contribution in [0.5, 0.6) is 0 Å². The molecule has 3 N–H and O–H groups in total. The van der Waals surface area contributed by atoms with E-state index in [9.17, 15) is 4.79 Å². The zero-order valence-corrected chi connectivity index (χ0v) is 15.6. The molecular formula is C21H29N3O. The standard InChI is InChI=1S/C21H29N3O/c1-15(2)24(4)14-18-7-5-6-17(12-18)13-23-21(25)20(22)19-10-8-16(3)9-11-19/h5-12,15,20H,13-14,22H2,1-4H3,(H,23,25). The van der Waals surface area contributed by atoms with Crippen molar-refractivity contribution in [2.75, 3.05) is 7.05 Å². The second kappa shape index (κ2) is 8.79. The molecule has 4 nitrogen and oxygen atoms in total. The summed E-state index contributed by atoms with van der Waals surface area (Å²) in [7, 11) is 2.11. The molecule has 2 rings (SSSR count). The number of rotatable bonds is 7. The Kier molecular flexibility index (Phi) is 6.73. The molecule has 1 atom stereocenters. The van der Waals surface area contributed by atoms with Gasteiger partial charge in [-0.25, -0.2) is 0 Å². The number of hydrogen-bond donors (Lipinski definition) is 2. The fourth-order valence-electron chi connectivity index (χ4n) is 2.53. The fraction of sp³-hybridized carbons (Fsp3) is 0.381. The molecule has 0 saturated carbocycles. The Balaban J connectivity index is 1.94. The normalized spacial score (nSPS) is 12.4. The van der Waals surface area contributed by atoms with Gasteiger partial charge in [-0.3, -0.25) is 9.69 Å². The van der Waals surface area contributed by atoms with Crippen molar-refractivity contribution in [3.05, 3.63) is 70.8 Å². The van der Waals surface area contributed by atoms with Crippen molar-refractivity contribution in [3.63, 3.8) is 0 Å². The van der Waals surface area contributed by atoms with E-state index < -0.39 is 6.04 Å². The summed E-state index contributed by atoms with van der Waals surface area (Å²) in [5, 5.41) is 2.94. The van der Waals surface area contributed by atoms with E-state index in [0.717, 1.165) is 23.2 Å². The number of nitrogens with two attached hydrogens (primary N) is 1. The first kappa shape index (κ1) is 19.2. The highest BCUT2D eigenvalue weighted by Crippen LogP contribution is 2.13. The van der Waals surface area contributed by atoms with E-state index in [-0.39, 0.29) is 5.91 Å². The Hall–Kier alpha value is -2.17. The quantitative estimate of drug-likeness (QED) is 0.815. The van der Waals surface area contributed by atoms with Crippen molar-refractivity contribution in [1.82, 2.24) is 10.2 Å². The Morgan fingerprint density at radius 2 is 1.76 bits per heavy atom. The third-order valence-corrected chi connectivity index (χ3v) is 4.49. The van der Waals surface area contributed by atoms with E-state index >= 15 is 0 Å². The van der Waals surface area contributed by atoms with Crippen LogP contribution in [0.3, 0.4) is 0 Å². The smallest absolute Gasteiger partial charge is 0.241 e. The second-order valence-corrected chi connectivity index (χ2v) is 6.93. The minimum atomic E-state index is -0.643. The molecule has 0 aliphatic heterocycles. The summed E-state index contributed by atoms with van der Waals surface area (Å²) in [4.78, 5) is 14.6. The SMILES string of the molecule is Cc1ccc(C(N)C(=O)NCc2cccc(CN(C)C(C)C)c2)cc1. The van der Waals surface area contributed by atoms with Crippen molar-refractivity contribution in [1.29, 1.82) is 0 Å². The number of nitrogens with zero attached hydrogens (tertiary/aromatic N) is 1. The van der Waals surface area contributed by atoms with E-state index in [2.05, 4.69) is 43.2 Å². The van der Waals surface area contributed by atoms with Crippen LogP contribution in [-0.2, 0) is 17.9 Å². The van der Waals surface area contributed by atoms with Gasteiger partial charge in [0.05, 0.1) is 0 Å². The second-order valence-electron chi connectivity index (χ2n) is 6.93. The average Bonchev–Trinajstić information content (AvgIpc) is 2.60. The van der Waals surface area contributed by atoms with Crippen molar-refractivity contribution in [2.45, 2.75) is 45.9 Å². The van der Waals surface area contributed by atoms with Crippen LogP contribution in [0.2, 0.25) is 0 Å². The summed E-state index contributed by atoms with van der Waals surface area (Å²) in [6.07, 6.45) is 0. The van der Waals surface area contributed by atoms with Crippen LogP contribution < -0.4 is 11.1 Å². The molecule has 0 saturated heterocycles. The lowest BCUT2D eigenvalue weighted by atomic mass is 10.0. The van der Waals surface area contributed by atoms with Crippen molar-refractivity contribution >= 4 is 5.91 Å². The Bertz CT molecular complexity index is 695. The van der Waals surface area contributed by atoms with Gasteiger partial charge < -0.3 is 11.1 Å². The van der Waals surface area contributed by atoms with Gasteiger partial charge in [-0.05, 0) is 44.5 Å². The number of carbonyl (C=O) groups excluding carboxylic acids is 1. The average molecular weight is 339 g/mol. The molecule has 0 bridgehead atoms. The predicted octanol–water partition coefficient (Wildman–Crippen LogP) is 3.15. The molecule has 0 aliphatic carbocycles. The van der Waals surface area contributed by atoms with Crippen LogP contribution in [0.15, 0.2) is 48.5 Å². The summed E-state index contributed by atoms with van der Waals surface area (Å²) >= 11 is 0. The number of nitrogens with one attached hydrogen (secondary N) is 1. The lowest BCUT2D eigenvalue weighted by molar-refractivity contribution is -0.122. The van der Waals surface area contributed by atoms with Gasteiger partial charge in [0.25, 0.3) is 0 Å². The van der Waals surface area contributed by atoms with Gasteiger partial charge in [-0.1, -0.05) is 54.1 Å². The molecule has 0 aromatic heterocycles. The molecule has 134 valence electrons. The van der Waals surface area contributed by atoms with Crippen molar-refractivity contribution in [2.24, 2.45) is 5.73 Å². The summed E-state index contributed by atoms with van der Waals surface area (Å²) in [5.41, 5.74) is 10.4. The molecule has 0 spiro atoms.